The van der Waals surface area contributed by atoms with Crippen LogP contribution in [0.5, 0.6) is 5.75 Å². The Morgan fingerprint density at radius 3 is 2.61 bits per heavy atom. The van der Waals surface area contributed by atoms with E-state index in [-0.39, 0.29) is 11.7 Å². The van der Waals surface area contributed by atoms with Crippen molar-refractivity contribution in [1.29, 1.82) is 0 Å². The number of rotatable bonds is 4. The fourth-order valence-electron chi connectivity index (χ4n) is 2.63. The molecule has 4 heteroatoms. The van der Waals surface area contributed by atoms with Crippen molar-refractivity contribution in [1.82, 2.24) is 5.32 Å². The smallest absolute Gasteiger partial charge is 0.251 e. The Morgan fingerprint density at radius 2 is 1.94 bits per heavy atom. The molecule has 1 aromatic rings. The zero-order valence-electron chi connectivity index (χ0n) is 10.4. The molecule has 18 heavy (non-hydrogen) atoms. The summed E-state index contributed by atoms with van der Waals surface area (Å²) in [6, 6.07) is 6.29. The lowest BCUT2D eigenvalue weighted by Crippen LogP contribution is -2.32. The van der Waals surface area contributed by atoms with E-state index in [0.29, 0.717) is 30.5 Å². The van der Waals surface area contributed by atoms with E-state index in [1.807, 2.05) is 0 Å². The molecule has 4 N–H and O–H groups in total. The van der Waals surface area contributed by atoms with Crippen molar-refractivity contribution in [2.24, 2.45) is 17.6 Å². The quantitative estimate of drug-likeness (QED) is 0.755. The second-order valence-electron chi connectivity index (χ2n) is 4.94. The summed E-state index contributed by atoms with van der Waals surface area (Å²) in [5.41, 5.74) is 6.30. The van der Waals surface area contributed by atoms with Gasteiger partial charge in [0.05, 0.1) is 0 Å². The van der Waals surface area contributed by atoms with Gasteiger partial charge in [-0.15, -0.1) is 0 Å². The number of phenols is 1. The number of carbonyl (C=O) groups excluding carboxylic acids is 1. The Balaban J connectivity index is 1.86. The van der Waals surface area contributed by atoms with Crippen LogP contribution in [0.3, 0.4) is 0 Å². The number of hydrogen-bond acceptors (Lipinski definition) is 3. The van der Waals surface area contributed by atoms with Gasteiger partial charge in [0.15, 0.2) is 0 Å². The molecule has 1 aromatic carbocycles. The number of nitrogens with one attached hydrogen (secondary N) is 1. The monoisotopic (exact) mass is 248 g/mol. The standard InChI is InChI=1S/C14H20N2O2/c15-8-11-2-1-3-12(11)9-16-14(18)10-4-6-13(17)7-5-10/h4-7,11-12,17H,1-3,8-9,15H2,(H,16,18). The van der Waals surface area contributed by atoms with Crippen LogP contribution in [0.15, 0.2) is 24.3 Å². The molecule has 98 valence electrons. The van der Waals surface area contributed by atoms with Gasteiger partial charge in [-0.2, -0.15) is 0 Å². The second-order valence-corrected chi connectivity index (χ2v) is 4.94. The van der Waals surface area contributed by atoms with E-state index in [2.05, 4.69) is 5.32 Å². The van der Waals surface area contributed by atoms with Crippen molar-refractivity contribution in [2.75, 3.05) is 13.1 Å². The van der Waals surface area contributed by atoms with Crippen LogP contribution in [0, 0.1) is 11.8 Å². The van der Waals surface area contributed by atoms with Gasteiger partial charge in [0.1, 0.15) is 5.75 Å². The third-order valence-electron chi connectivity index (χ3n) is 3.77. The molecular weight excluding hydrogens is 228 g/mol. The Morgan fingerprint density at radius 1 is 1.28 bits per heavy atom. The van der Waals surface area contributed by atoms with E-state index in [4.69, 9.17) is 10.8 Å². The van der Waals surface area contributed by atoms with Crippen molar-refractivity contribution in [2.45, 2.75) is 19.3 Å². The number of hydrogen-bond donors (Lipinski definition) is 3. The van der Waals surface area contributed by atoms with Crippen molar-refractivity contribution in [3.63, 3.8) is 0 Å². The molecule has 2 atom stereocenters. The summed E-state index contributed by atoms with van der Waals surface area (Å²) in [5.74, 6) is 1.14. The number of amides is 1. The molecule has 1 aliphatic carbocycles. The first-order valence-corrected chi connectivity index (χ1v) is 6.48. The summed E-state index contributed by atoms with van der Waals surface area (Å²) >= 11 is 0. The third kappa shape index (κ3) is 3.01. The van der Waals surface area contributed by atoms with E-state index in [1.165, 1.54) is 25.0 Å². The zero-order valence-corrected chi connectivity index (χ0v) is 10.4. The number of benzene rings is 1. The van der Waals surface area contributed by atoms with Crippen molar-refractivity contribution in [3.8, 4) is 5.75 Å². The van der Waals surface area contributed by atoms with Crippen LogP contribution < -0.4 is 11.1 Å². The summed E-state index contributed by atoms with van der Waals surface area (Å²) < 4.78 is 0. The fraction of sp³-hybridized carbons (Fsp3) is 0.500. The van der Waals surface area contributed by atoms with Crippen molar-refractivity contribution >= 4 is 5.91 Å². The van der Waals surface area contributed by atoms with Gasteiger partial charge < -0.3 is 16.2 Å². The predicted octanol–water partition coefficient (Wildman–Crippen LogP) is 1.50. The topological polar surface area (TPSA) is 75.3 Å². The van der Waals surface area contributed by atoms with E-state index in [9.17, 15) is 4.79 Å². The molecule has 0 aliphatic heterocycles. The largest absolute Gasteiger partial charge is 0.508 e. The van der Waals surface area contributed by atoms with Crippen molar-refractivity contribution in [3.05, 3.63) is 29.8 Å². The molecular formula is C14H20N2O2. The van der Waals surface area contributed by atoms with Gasteiger partial charge in [-0.1, -0.05) is 6.42 Å². The summed E-state index contributed by atoms with van der Waals surface area (Å²) in [6.07, 6.45) is 3.54. The molecule has 2 rings (SSSR count). The van der Waals surface area contributed by atoms with Gasteiger partial charge in [0, 0.05) is 12.1 Å². The highest BCUT2D eigenvalue weighted by Crippen LogP contribution is 2.30. The zero-order chi connectivity index (χ0) is 13.0. The lowest BCUT2D eigenvalue weighted by Gasteiger charge is -2.18. The molecule has 1 saturated carbocycles. The molecule has 0 heterocycles. The van der Waals surface area contributed by atoms with Gasteiger partial charge in [-0.05, 0) is 55.5 Å². The van der Waals surface area contributed by atoms with Crippen LogP contribution in [0.1, 0.15) is 29.6 Å². The highest BCUT2D eigenvalue weighted by Gasteiger charge is 2.26. The van der Waals surface area contributed by atoms with Crippen LogP contribution >= 0.6 is 0 Å². The van der Waals surface area contributed by atoms with Gasteiger partial charge >= 0.3 is 0 Å². The van der Waals surface area contributed by atoms with Gasteiger partial charge in [0.2, 0.25) is 0 Å². The van der Waals surface area contributed by atoms with E-state index in [1.54, 1.807) is 12.1 Å². The summed E-state index contributed by atoms with van der Waals surface area (Å²) in [7, 11) is 0. The molecule has 0 saturated heterocycles. The number of carbonyl (C=O) groups is 1. The Bertz CT molecular complexity index is 403. The highest BCUT2D eigenvalue weighted by molar-refractivity contribution is 5.94. The van der Waals surface area contributed by atoms with E-state index in [0.717, 1.165) is 6.42 Å². The van der Waals surface area contributed by atoms with Crippen molar-refractivity contribution < 1.29 is 9.90 Å². The highest BCUT2D eigenvalue weighted by atomic mass is 16.3. The first kappa shape index (κ1) is 12.9. The lowest BCUT2D eigenvalue weighted by atomic mass is 9.96. The predicted molar refractivity (Wildman–Crippen MR) is 70.3 cm³/mol. The first-order chi connectivity index (χ1) is 8.70. The van der Waals surface area contributed by atoms with Crippen LogP contribution in [-0.4, -0.2) is 24.1 Å². The van der Waals surface area contributed by atoms with Gasteiger partial charge in [-0.3, -0.25) is 4.79 Å². The minimum Gasteiger partial charge on any atom is -0.508 e. The average Bonchev–Trinajstić information content (AvgIpc) is 2.84. The molecule has 1 aliphatic rings. The minimum absolute atomic E-state index is 0.0855. The summed E-state index contributed by atoms with van der Waals surface area (Å²) in [5, 5.41) is 12.1. The number of phenolic OH excluding ortho intramolecular Hbond substituents is 1. The molecule has 0 bridgehead atoms. The normalized spacial score (nSPS) is 22.9. The lowest BCUT2D eigenvalue weighted by molar-refractivity contribution is 0.0944. The SMILES string of the molecule is NCC1CCCC1CNC(=O)c1ccc(O)cc1. The molecule has 4 nitrogen and oxygen atoms in total. The maximum atomic E-state index is 11.9. The molecule has 1 amide bonds. The Hall–Kier alpha value is -1.55. The average molecular weight is 248 g/mol. The van der Waals surface area contributed by atoms with Crippen LogP contribution in [0.25, 0.3) is 0 Å². The molecule has 2 unspecified atom stereocenters. The Kier molecular flexibility index (Phi) is 4.20. The number of aromatic hydroxyl groups is 1. The van der Waals surface area contributed by atoms with Crippen LogP contribution in [-0.2, 0) is 0 Å². The maximum Gasteiger partial charge on any atom is 0.251 e. The molecule has 0 radical (unpaired) electrons. The summed E-state index contributed by atoms with van der Waals surface area (Å²) in [4.78, 5) is 11.9. The minimum atomic E-state index is -0.0855. The second kappa shape index (κ2) is 5.87. The fourth-order valence-corrected chi connectivity index (χ4v) is 2.63. The van der Waals surface area contributed by atoms with Gasteiger partial charge in [-0.25, -0.2) is 0 Å². The Labute approximate surface area is 107 Å². The number of nitrogens with two attached hydrogens (primary N) is 1. The molecule has 1 fully saturated rings. The maximum absolute atomic E-state index is 11.9. The van der Waals surface area contributed by atoms with E-state index >= 15 is 0 Å². The van der Waals surface area contributed by atoms with Crippen LogP contribution in [0.4, 0.5) is 0 Å². The van der Waals surface area contributed by atoms with Gasteiger partial charge in [0.25, 0.3) is 5.91 Å². The van der Waals surface area contributed by atoms with Crippen LogP contribution in [0.2, 0.25) is 0 Å². The van der Waals surface area contributed by atoms with E-state index < -0.39 is 0 Å². The first-order valence-electron chi connectivity index (χ1n) is 6.48. The molecule has 0 spiro atoms. The third-order valence-corrected chi connectivity index (χ3v) is 3.77. The molecule has 0 aromatic heterocycles. The summed E-state index contributed by atoms with van der Waals surface area (Å²) in [6.45, 7) is 1.40.